The molecule has 1 aromatic carbocycles. The monoisotopic (exact) mass is 375 g/mol. The van der Waals surface area contributed by atoms with Crippen LogP contribution in [0.5, 0.6) is 0 Å². The minimum absolute atomic E-state index is 0.000564. The Kier molecular flexibility index (Phi) is 4.06. The number of hydrogen-bond acceptors (Lipinski definition) is 4. The van der Waals surface area contributed by atoms with Crippen LogP contribution >= 0.6 is 15.9 Å². The maximum absolute atomic E-state index is 12.7. The molecule has 0 aliphatic rings. The molecule has 2 N–H and O–H groups in total. The van der Waals surface area contributed by atoms with Crippen molar-refractivity contribution in [3.05, 3.63) is 27.9 Å². The predicted molar refractivity (Wildman–Crippen MR) is 76.2 cm³/mol. The highest BCUT2D eigenvalue weighted by Crippen LogP contribution is 2.37. The minimum atomic E-state index is -4.47. The molecule has 1 aromatic heterocycles. The first-order valence-electron chi connectivity index (χ1n) is 5.85. The second-order valence-electron chi connectivity index (χ2n) is 4.44. The van der Waals surface area contributed by atoms with Crippen molar-refractivity contribution in [2.45, 2.75) is 12.7 Å². The number of carbonyl (C=O) groups excluding carboxylic acids is 1. The van der Waals surface area contributed by atoms with E-state index in [4.69, 9.17) is 11.0 Å². The smallest absolute Gasteiger partial charge is 0.406 e. The van der Waals surface area contributed by atoms with Gasteiger partial charge in [-0.1, -0.05) is 0 Å². The summed E-state index contributed by atoms with van der Waals surface area (Å²) in [5.74, 6) is -0.779. The number of nitrogens with zero attached hydrogens (tertiary/aromatic N) is 2. The summed E-state index contributed by atoms with van der Waals surface area (Å²) in [4.78, 5) is 11.7. The molecule has 0 aliphatic heterocycles. The van der Waals surface area contributed by atoms with Gasteiger partial charge in [-0.25, -0.2) is 4.79 Å². The van der Waals surface area contributed by atoms with Crippen LogP contribution in [0.1, 0.15) is 15.9 Å². The van der Waals surface area contributed by atoms with Crippen molar-refractivity contribution >= 4 is 38.5 Å². The largest absolute Gasteiger partial charge is 0.465 e. The van der Waals surface area contributed by atoms with E-state index in [2.05, 4.69) is 20.7 Å². The topological polar surface area (TPSA) is 81.0 Å². The van der Waals surface area contributed by atoms with Crippen LogP contribution in [0.3, 0.4) is 0 Å². The van der Waals surface area contributed by atoms with Crippen LogP contribution in [-0.2, 0) is 11.3 Å². The zero-order valence-corrected chi connectivity index (χ0v) is 12.7. The number of rotatable bonds is 2. The number of benzene rings is 1. The zero-order valence-electron chi connectivity index (χ0n) is 11.2. The maximum atomic E-state index is 12.7. The molecule has 0 radical (unpaired) electrons. The number of ether oxygens (including phenoxy) is 1. The summed E-state index contributed by atoms with van der Waals surface area (Å²) in [7, 11) is 1.13. The van der Waals surface area contributed by atoms with E-state index < -0.39 is 18.7 Å². The first kappa shape index (κ1) is 16.2. The van der Waals surface area contributed by atoms with Crippen LogP contribution in [0.4, 0.5) is 18.9 Å². The summed E-state index contributed by atoms with van der Waals surface area (Å²) < 4.78 is 43.6. The van der Waals surface area contributed by atoms with Gasteiger partial charge in [-0.3, -0.25) is 0 Å². The number of carbonyl (C=O) groups is 1. The molecular weight excluding hydrogens is 367 g/mol. The number of halogens is 4. The molecule has 0 atom stereocenters. The number of alkyl halides is 3. The van der Waals surface area contributed by atoms with Crippen molar-refractivity contribution in [2.75, 3.05) is 12.8 Å². The number of hydrogen-bond donors (Lipinski definition) is 1. The summed E-state index contributed by atoms with van der Waals surface area (Å²) in [5.41, 5.74) is 5.81. The number of aromatic nitrogens is 1. The molecule has 1 heterocycles. The van der Waals surface area contributed by atoms with E-state index in [1.807, 2.05) is 6.07 Å². The van der Waals surface area contributed by atoms with E-state index >= 15 is 0 Å². The number of nitriles is 1. The fraction of sp³-hybridized carbons (Fsp3) is 0.231. The molecule has 0 amide bonds. The lowest BCUT2D eigenvalue weighted by Gasteiger charge is -2.11. The number of methoxy groups -OCH3 is 1. The van der Waals surface area contributed by atoms with Gasteiger partial charge in [0.05, 0.1) is 33.9 Å². The molecule has 0 fully saturated rings. The molecular formula is C13H9BrF3N3O2. The van der Waals surface area contributed by atoms with Crippen LogP contribution in [0.2, 0.25) is 0 Å². The van der Waals surface area contributed by atoms with Crippen LogP contribution in [-0.4, -0.2) is 23.8 Å². The molecule has 9 heteroatoms. The fourth-order valence-corrected chi connectivity index (χ4v) is 2.74. The number of fused-ring (bicyclic) bond motifs is 1. The van der Waals surface area contributed by atoms with Gasteiger partial charge in [0.25, 0.3) is 0 Å². The van der Waals surface area contributed by atoms with Crippen LogP contribution in [0.15, 0.2) is 16.7 Å². The Balaban J connectivity index is 2.82. The lowest BCUT2D eigenvalue weighted by atomic mass is 10.1. The van der Waals surface area contributed by atoms with E-state index in [1.165, 1.54) is 6.07 Å². The summed E-state index contributed by atoms with van der Waals surface area (Å²) >= 11 is 3.14. The van der Waals surface area contributed by atoms with Gasteiger partial charge in [0.2, 0.25) is 0 Å². The standard InChI is InChI=1S/C13H9BrF3N3O2/c1-22-12(21)7-2-8-9(10(14)11(7)19)6(3-18)4-20(8)5-13(15,16)17/h2,4H,5,19H2,1H3. The Labute approximate surface area is 131 Å². The highest BCUT2D eigenvalue weighted by molar-refractivity contribution is 9.10. The lowest BCUT2D eigenvalue weighted by Crippen LogP contribution is -2.17. The second-order valence-corrected chi connectivity index (χ2v) is 5.23. The van der Waals surface area contributed by atoms with E-state index in [-0.39, 0.29) is 32.2 Å². The molecule has 2 rings (SSSR count). The molecule has 0 spiro atoms. The van der Waals surface area contributed by atoms with Gasteiger partial charge in [-0.15, -0.1) is 0 Å². The minimum Gasteiger partial charge on any atom is -0.465 e. The summed E-state index contributed by atoms with van der Waals surface area (Å²) in [6.45, 7) is -1.29. The van der Waals surface area contributed by atoms with E-state index in [0.717, 1.165) is 17.9 Å². The molecule has 0 saturated carbocycles. The molecule has 0 saturated heterocycles. The zero-order chi connectivity index (χ0) is 16.7. The van der Waals surface area contributed by atoms with Crippen molar-refractivity contribution in [3.63, 3.8) is 0 Å². The third-order valence-electron chi connectivity index (χ3n) is 3.02. The van der Waals surface area contributed by atoms with Gasteiger partial charge >= 0.3 is 12.1 Å². The Morgan fingerprint density at radius 1 is 1.55 bits per heavy atom. The average molecular weight is 376 g/mol. The second kappa shape index (κ2) is 5.53. The molecule has 0 unspecified atom stereocenters. The Morgan fingerprint density at radius 2 is 2.18 bits per heavy atom. The van der Waals surface area contributed by atoms with Gasteiger partial charge in [-0.05, 0) is 22.0 Å². The summed E-state index contributed by atoms with van der Waals surface area (Å²) in [6, 6.07) is 3.01. The van der Waals surface area contributed by atoms with Gasteiger partial charge in [0.15, 0.2) is 0 Å². The summed E-state index contributed by atoms with van der Waals surface area (Å²) in [5, 5.41) is 9.31. The van der Waals surface area contributed by atoms with Gasteiger partial charge < -0.3 is 15.0 Å². The van der Waals surface area contributed by atoms with Crippen molar-refractivity contribution in [1.29, 1.82) is 5.26 Å². The van der Waals surface area contributed by atoms with Gasteiger partial charge in [0, 0.05) is 11.6 Å². The molecule has 116 valence electrons. The van der Waals surface area contributed by atoms with E-state index in [0.29, 0.717) is 0 Å². The van der Waals surface area contributed by atoms with Crippen LogP contribution in [0.25, 0.3) is 10.9 Å². The lowest BCUT2D eigenvalue weighted by molar-refractivity contribution is -0.139. The number of anilines is 1. The third kappa shape index (κ3) is 2.74. The van der Waals surface area contributed by atoms with Crippen LogP contribution in [0, 0.1) is 11.3 Å². The first-order chi connectivity index (χ1) is 10.2. The predicted octanol–water partition coefficient (Wildman–Crippen LogP) is 3.21. The molecule has 0 bridgehead atoms. The summed E-state index contributed by atoms with van der Waals surface area (Å²) in [6.07, 6.45) is -3.40. The van der Waals surface area contributed by atoms with Crippen molar-refractivity contribution in [1.82, 2.24) is 4.57 Å². The van der Waals surface area contributed by atoms with Crippen molar-refractivity contribution in [2.24, 2.45) is 0 Å². The SMILES string of the molecule is COC(=O)c1cc2c(c(C#N)cn2CC(F)(F)F)c(Br)c1N. The number of nitrogens with two attached hydrogens (primary N) is 1. The Bertz CT molecular complexity index is 806. The van der Waals surface area contributed by atoms with Gasteiger partial charge in [0.1, 0.15) is 12.6 Å². The maximum Gasteiger partial charge on any atom is 0.406 e. The normalized spacial score (nSPS) is 11.5. The van der Waals surface area contributed by atoms with E-state index in [1.54, 1.807) is 0 Å². The third-order valence-corrected chi connectivity index (χ3v) is 3.85. The molecule has 5 nitrogen and oxygen atoms in total. The average Bonchev–Trinajstić information content (AvgIpc) is 2.77. The number of nitrogen functional groups attached to an aromatic ring is 1. The number of esters is 1. The highest BCUT2D eigenvalue weighted by Gasteiger charge is 2.30. The van der Waals surface area contributed by atoms with Crippen molar-refractivity contribution in [3.8, 4) is 6.07 Å². The first-order valence-corrected chi connectivity index (χ1v) is 6.65. The van der Waals surface area contributed by atoms with Crippen LogP contribution < -0.4 is 5.73 Å². The molecule has 22 heavy (non-hydrogen) atoms. The highest BCUT2D eigenvalue weighted by atomic mass is 79.9. The Morgan fingerprint density at radius 3 is 2.68 bits per heavy atom. The quantitative estimate of drug-likeness (QED) is 0.645. The van der Waals surface area contributed by atoms with Crippen molar-refractivity contribution < 1.29 is 22.7 Å². The molecule has 0 aliphatic carbocycles. The Hall–Kier alpha value is -2.21. The fourth-order valence-electron chi connectivity index (χ4n) is 2.11. The van der Waals surface area contributed by atoms with E-state index in [9.17, 15) is 18.0 Å². The molecule has 2 aromatic rings. The van der Waals surface area contributed by atoms with Gasteiger partial charge in [-0.2, -0.15) is 18.4 Å².